The second-order valence-corrected chi connectivity index (χ2v) is 6.12. The first-order valence-electron chi connectivity index (χ1n) is 8.10. The lowest BCUT2D eigenvalue weighted by Crippen LogP contribution is -2.39. The van der Waals surface area contributed by atoms with Crippen molar-refractivity contribution >= 4 is 5.91 Å². The van der Waals surface area contributed by atoms with Gasteiger partial charge in [-0.15, -0.1) is 0 Å². The van der Waals surface area contributed by atoms with Gasteiger partial charge in [-0.3, -0.25) is 4.79 Å². The minimum absolute atomic E-state index is 0.198. The topological polar surface area (TPSA) is 72.1 Å². The van der Waals surface area contributed by atoms with Crippen LogP contribution in [0, 0.1) is 13.8 Å². The lowest BCUT2D eigenvalue weighted by molar-refractivity contribution is -0.132. The summed E-state index contributed by atoms with van der Waals surface area (Å²) in [6, 6.07) is 1.95. The SMILES string of the molecule is Cc1noc(C)c1CCC(=O)N1CCCC(c2ccncn2)C1. The van der Waals surface area contributed by atoms with E-state index in [0.29, 0.717) is 18.8 Å². The number of rotatable bonds is 4. The van der Waals surface area contributed by atoms with Crippen LogP contribution >= 0.6 is 0 Å². The van der Waals surface area contributed by atoms with Gasteiger partial charge >= 0.3 is 0 Å². The molecule has 122 valence electrons. The average molecular weight is 314 g/mol. The van der Waals surface area contributed by atoms with Crippen molar-refractivity contribution in [2.45, 2.75) is 45.4 Å². The first-order chi connectivity index (χ1) is 11.1. The number of nitrogens with zero attached hydrogens (tertiary/aromatic N) is 4. The molecule has 0 aliphatic carbocycles. The molecule has 3 heterocycles. The molecule has 6 heteroatoms. The van der Waals surface area contributed by atoms with Crippen LogP contribution in [-0.2, 0) is 11.2 Å². The summed E-state index contributed by atoms with van der Waals surface area (Å²) >= 11 is 0. The van der Waals surface area contributed by atoms with Gasteiger partial charge in [-0.2, -0.15) is 0 Å². The van der Waals surface area contributed by atoms with Crippen molar-refractivity contribution in [2.24, 2.45) is 0 Å². The Kier molecular flexibility index (Phi) is 4.69. The summed E-state index contributed by atoms with van der Waals surface area (Å²) < 4.78 is 5.16. The van der Waals surface area contributed by atoms with Gasteiger partial charge in [0.2, 0.25) is 5.91 Å². The van der Waals surface area contributed by atoms with Crippen molar-refractivity contribution < 1.29 is 9.32 Å². The highest BCUT2D eigenvalue weighted by Gasteiger charge is 2.25. The Bertz CT molecular complexity index is 649. The molecule has 0 N–H and O–H groups in total. The monoisotopic (exact) mass is 314 g/mol. The Morgan fingerprint density at radius 3 is 3.00 bits per heavy atom. The average Bonchev–Trinajstić information content (AvgIpc) is 2.92. The zero-order valence-corrected chi connectivity index (χ0v) is 13.7. The van der Waals surface area contributed by atoms with E-state index < -0.39 is 0 Å². The number of likely N-dealkylation sites (tertiary alicyclic amines) is 1. The molecule has 0 radical (unpaired) electrons. The highest BCUT2D eigenvalue weighted by Crippen LogP contribution is 2.26. The maximum absolute atomic E-state index is 12.5. The van der Waals surface area contributed by atoms with E-state index in [0.717, 1.165) is 48.6 Å². The van der Waals surface area contributed by atoms with Gasteiger partial charge in [0.1, 0.15) is 12.1 Å². The third-order valence-electron chi connectivity index (χ3n) is 4.57. The molecule has 6 nitrogen and oxygen atoms in total. The summed E-state index contributed by atoms with van der Waals surface area (Å²) in [5.74, 6) is 1.33. The summed E-state index contributed by atoms with van der Waals surface area (Å²) in [7, 11) is 0. The van der Waals surface area contributed by atoms with Gasteiger partial charge in [0.05, 0.1) is 5.69 Å². The minimum Gasteiger partial charge on any atom is -0.361 e. The van der Waals surface area contributed by atoms with Crippen molar-refractivity contribution in [1.82, 2.24) is 20.0 Å². The fraction of sp³-hybridized carbons (Fsp3) is 0.529. The van der Waals surface area contributed by atoms with Crippen LogP contribution in [0.25, 0.3) is 0 Å². The summed E-state index contributed by atoms with van der Waals surface area (Å²) in [5.41, 5.74) is 2.97. The molecule has 2 aromatic rings. The molecule has 1 aliphatic rings. The molecule has 2 aromatic heterocycles. The third kappa shape index (κ3) is 3.57. The van der Waals surface area contributed by atoms with Crippen molar-refractivity contribution in [2.75, 3.05) is 13.1 Å². The normalized spacial score (nSPS) is 18.2. The van der Waals surface area contributed by atoms with E-state index in [2.05, 4.69) is 15.1 Å². The van der Waals surface area contributed by atoms with Gasteiger partial charge in [-0.1, -0.05) is 5.16 Å². The van der Waals surface area contributed by atoms with Crippen LogP contribution in [0.3, 0.4) is 0 Å². The molecule has 1 fully saturated rings. The lowest BCUT2D eigenvalue weighted by atomic mass is 9.94. The molecule has 1 saturated heterocycles. The molecule has 1 aliphatic heterocycles. The van der Waals surface area contributed by atoms with E-state index in [1.807, 2.05) is 24.8 Å². The van der Waals surface area contributed by atoms with Crippen LogP contribution < -0.4 is 0 Å². The molecule has 1 unspecified atom stereocenters. The molecule has 0 bridgehead atoms. The Morgan fingerprint density at radius 1 is 1.43 bits per heavy atom. The van der Waals surface area contributed by atoms with Crippen molar-refractivity contribution in [1.29, 1.82) is 0 Å². The zero-order valence-electron chi connectivity index (χ0n) is 13.7. The second-order valence-electron chi connectivity index (χ2n) is 6.12. The highest BCUT2D eigenvalue weighted by molar-refractivity contribution is 5.76. The van der Waals surface area contributed by atoms with Crippen LogP contribution in [0.5, 0.6) is 0 Å². The number of hydrogen-bond donors (Lipinski definition) is 0. The largest absolute Gasteiger partial charge is 0.361 e. The lowest BCUT2D eigenvalue weighted by Gasteiger charge is -2.32. The number of amides is 1. The predicted octanol–water partition coefficient (Wildman–Crippen LogP) is 2.42. The van der Waals surface area contributed by atoms with Crippen LogP contribution in [-0.4, -0.2) is 39.0 Å². The van der Waals surface area contributed by atoms with Crippen LogP contribution in [0.4, 0.5) is 0 Å². The fourth-order valence-corrected chi connectivity index (χ4v) is 3.24. The van der Waals surface area contributed by atoms with Gasteiger partial charge in [0.15, 0.2) is 0 Å². The van der Waals surface area contributed by atoms with Gasteiger partial charge in [0, 0.05) is 42.9 Å². The van der Waals surface area contributed by atoms with E-state index >= 15 is 0 Å². The van der Waals surface area contributed by atoms with Crippen molar-refractivity contribution in [3.05, 3.63) is 41.3 Å². The summed E-state index contributed by atoms with van der Waals surface area (Å²) in [5, 5.41) is 3.94. The van der Waals surface area contributed by atoms with Crippen LogP contribution in [0.2, 0.25) is 0 Å². The molecule has 0 saturated carbocycles. The molecule has 1 atom stereocenters. The smallest absolute Gasteiger partial charge is 0.222 e. The Hall–Kier alpha value is -2.24. The standard InChI is InChI=1S/C17H22N4O2/c1-12-15(13(2)23-20-12)5-6-17(22)21-9-3-4-14(10-21)16-7-8-18-11-19-16/h7-8,11,14H,3-6,9-10H2,1-2H3. The van der Waals surface area contributed by atoms with Gasteiger partial charge in [0.25, 0.3) is 0 Å². The molecule has 0 aromatic carbocycles. The van der Waals surface area contributed by atoms with Crippen LogP contribution in [0.1, 0.15) is 47.9 Å². The molecule has 3 rings (SSSR count). The number of hydrogen-bond acceptors (Lipinski definition) is 5. The molecule has 1 amide bonds. The Labute approximate surface area is 135 Å². The number of carbonyl (C=O) groups is 1. The Balaban J connectivity index is 1.59. The molecular formula is C17H22N4O2. The van der Waals surface area contributed by atoms with Crippen molar-refractivity contribution in [3.63, 3.8) is 0 Å². The highest BCUT2D eigenvalue weighted by atomic mass is 16.5. The van der Waals surface area contributed by atoms with Gasteiger partial charge in [-0.25, -0.2) is 9.97 Å². The van der Waals surface area contributed by atoms with E-state index in [1.165, 1.54) is 0 Å². The quantitative estimate of drug-likeness (QED) is 0.866. The number of carbonyl (C=O) groups excluding carboxylic acids is 1. The van der Waals surface area contributed by atoms with Gasteiger partial charge in [-0.05, 0) is 39.2 Å². The first-order valence-corrected chi connectivity index (χ1v) is 8.10. The summed E-state index contributed by atoms with van der Waals surface area (Å²) in [6.07, 6.45) is 6.62. The number of aryl methyl sites for hydroxylation is 2. The summed E-state index contributed by atoms with van der Waals surface area (Å²) in [6.45, 7) is 5.40. The van der Waals surface area contributed by atoms with E-state index in [1.54, 1.807) is 12.5 Å². The maximum Gasteiger partial charge on any atom is 0.222 e. The van der Waals surface area contributed by atoms with Gasteiger partial charge < -0.3 is 9.42 Å². The van der Waals surface area contributed by atoms with E-state index in [4.69, 9.17) is 4.52 Å². The number of aromatic nitrogens is 3. The second kappa shape index (κ2) is 6.89. The van der Waals surface area contributed by atoms with Crippen LogP contribution in [0.15, 0.2) is 23.1 Å². The molecule has 0 spiro atoms. The van der Waals surface area contributed by atoms with E-state index in [9.17, 15) is 4.79 Å². The van der Waals surface area contributed by atoms with Crippen molar-refractivity contribution in [3.8, 4) is 0 Å². The number of piperidine rings is 1. The fourth-order valence-electron chi connectivity index (χ4n) is 3.24. The predicted molar refractivity (Wildman–Crippen MR) is 84.9 cm³/mol. The Morgan fingerprint density at radius 2 is 2.30 bits per heavy atom. The summed E-state index contributed by atoms with van der Waals surface area (Å²) in [4.78, 5) is 22.8. The third-order valence-corrected chi connectivity index (χ3v) is 4.57. The maximum atomic E-state index is 12.5. The molecular weight excluding hydrogens is 292 g/mol. The first kappa shape index (κ1) is 15.6. The van der Waals surface area contributed by atoms with E-state index in [-0.39, 0.29) is 5.91 Å². The zero-order chi connectivity index (χ0) is 16.2. The minimum atomic E-state index is 0.198. The molecule has 23 heavy (non-hydrogen) atoms.